The van der Waals surface area contributed by atoms with Crippen LogP contribution in [0.5, 0.6) is 0 Å². The van der Waals surface area contributed by atoms with Crippen molar-refractivity contribution in [3.8, 4) is 0 Å². The fourth-order valence-electron chi connectivity index (χ4n) is 1.28. The number of rotatable bonds is 1. The van der Waals surface area contributed by atoms with Crippen molar-refractivity contribution in [1.29, 1.82) is 0 Å². The van der Waals surface area contributed by atoms with E-state index in [4.69, 9.17) is 0 Å². The summed E-state index contributed by atoms with van der Waals surface area (Å²) in [7, 11) is 0. The van der Waals surface area contributed by atoms with Crippen LogP contribution in [0.2, 0.25) is 0 Å². The molecule has 2 aromatic carbocycles. The van der Waals surface area contributed by atoms with Gasteiger partial charge in [0.1, 0.15) is 6.29 Å². The van der Waals surface area contributed by atoms with Crippen LogP contribution in [0.3, 0.4) is 0 Å². The molecule has 0 saturated heterocycles. The summed E-state index contributed by atoms with van der Waals surface area (Å²) in [4.78, 5) is 10.5. The quantitative estimate of drug-likeness (QED) is 0.516. The average Bonchev–Trinajstić information content (AvgIpc) is 2.31. The van der Waals surface area contributed by atoms with Crippen LogP contribution in [0.1, 0.15) is 10.4 Å². The van der Waals surface area contributed by atoms with Gasteiger partial charge in [0.15, 0.2) is 0 Å². The summed E-state index contributed by atoms with van der Waals surface area (Å²) >= 11 is 4.64. The molecule has 0 N–H and O–H groups in total. The maximum atomic E-state index is 10.5. The Morgan fingerprint density at radius 3 is 2.29 bits per heavy atom. The molecule has 0 aliphatic carbocycles. The van der Waals surface area contributed by atoms with Gasteiger partial charge in [-0.1, -0.05) is 36.4 Å². The molecule has 1 nitrogen and oxygen atoms in total. The van der Waals surface area contributed by atoms with Crippen molar-refractivity contribution in [2.24, 2.45) is 0 Å². The number of alkyl halides is 1. The molecule has 2 rings (SSSR count). The maximum absolute atomic E-state index is 10.5. The number of carbonyl (C=O) groups is 1. The maximum Gasteiger partial charge on any atom is 0.150 e. The zero-order valence-electron chi connectivity index (χ0n) is 7.91. The highest BCUT2D eigenvalue weighted by Crippen LogP contribution is 2.14. The molecular formula is C12H11ClO. The first-order valence-corrected chi connectivity index (χ1v) is 4.97. The normalized spacial score (nSPS) is 9.00. The van der Waals surface area contributed by atoms with Crippen LogP contribution in [-0.2, 0) is 0 Å². The molecule has 0 heterocycles. The number of halogens is 1. The van der Waals surface area contributed by atoms with Gasteiger partial charge in [-0.3, -0.25) is 4.79 Å². The van der Waals surface area contributed by atoms with Crippen LogP contribution in [0.4, 0.5) is 0 Å². The second-order valence-electron chi connectivity index (χ2n) is 2.72. The molecule has 72 valence electrons. The van der Waals surface area contributed by atoms with Gasteiger partial charge in [0, 0.05) is 11.9 Å². The lowest BCUT2D eigenvalue weighted by Crippen LogP contribution is -1.78. The lowest BCUT2D eigenvalue weighted by molar-refractivity contribution is 0.112. The van der Waals surface area contributed by atoms with E-state index in [1.807, 2.05) is 42.5 Å². The molecule has 0 saturated carbocycles. The third-order valence-corrected chi connectivity index (χ3v) is 1.91. The minimum absolute atomic E-state index is 0.730. The Bertz CT molecular complexity index is 423. The Kier molecular flexibility index (Phi) is 4.14. The third kappa shape index (κ3) is 2.33. The van der Waals surface area contributed by atoms with E-state index in [1.165, 1.54) is 11.8 Å². The number of aldehydes is 1. The van der Waals surface area contributed by atoms with Crippen molar-refractivity contribution in [3.63, 3.8) is 0 Å². The minimum atomic E-state index is 0.730. The molecule has 0 fully saturated rings. The van der Waals surface area contributed by atoms with E-state index in [1.54, 1.807) is 0 Å². The number of carbonyl (C=O) groups excluding carboxylic acids is 1. The van der Waals surface area contributed by atoms with Crippen LogP contribution < -0.4 is 0 Å². The highest BCUT2D eigenvalue weighted by atomic mass is 35.5. The second kappa shape index (κ2) is 5.40. The first kappa shape index (κ1) is 10.7. The van der Waals surface area contributed by atoms with Gasteiger partial charge >= 0.3 is 0 Å². The summed E-state index contributed by atoms with van der Waals surface area (Å²) in [6.45, 7) is 0. The first-order valence-electron chi connectivity index (χ1n) is 4.22. The molecule has 2 aromatic rings. The molecule has 0 amide bonds. The van der Waals surface area contributed by atoms with Gasteiger partial charge in [-0.15, -0.1) is 11.6 Å². The fourth-order valence-corrected chi connectivity index (χ4v) is 1.28. The molecule has 0 aliphatic rings. The van der Waals surface area contributed by atoms with Gasteiger partial charge in [0.25, 0.3) is 0 Å². The first-order chi connectivity index (χ1) is 6.90. The smallest absolute Gasteiger partial charge is 0.150 e. The number of hydrogen-bond acceptors (Lipinski definition) is 1. The summed E-state index contributed by atoms with van der Waals surface area (Å²) < 4.78 is 0. The predicted octanol–water partition coefficient (Wildman–Crippen LogP) is 3.51. The Morgan fingerprint density at radius 1 is 1.00 bits per heavy atom. The number of benzene rings is 2. The Hall–Kier alpha value is -1.34. The van der Waals surface area contributed by atoms with E-state index >= 15 is 0 Å². The Balaban J connectivity index is 0.000000461. The monoisotopic (exact) mass is 206 g/mol. The van der Waals surface area contributed by atoms with Gasteiger partial charge in [-0.25, -0.2) is 0 Å². The van der Waals surface area contributed by atoms with Crippen LogP contribution >= 0.6 is 11.6 Å². The van der Waals surface area contributed by atoms with Crippen molar-refractivity contribution in [2.45, 2.75) is 0 Å². The van der Waals surface area contributed by atoms with Gasteiger partial charge in [-0.2, -0.15) is 0 Å². The van der Waals surface area contributed by atoms with Crippen LogP contribution in [0.25, 0.3) is 10.8 Å². The summed E-state index contributed by atoms with van der Waals surface area (Å²) in [5.41, 5.74) is 0.730. The minimum Gasteiger partial charge on any atom is -0.298 e. The van der Waals surface area contributed by atoms with Crippen LogP contribution in [-0.4, -0.2) is 12.7 Å². The van der Waals surface area contributed by atoms with Crippen molar-refractivity contribution in [3.05, 3.63) is 48.0 Å². The Labute approximate surface area is 88.3 Å². The molecule has 0 aromatic heterocycles. The van der Waals surface area contributed by atoms with Crippen molar-refractivity contribution in [1.82, 2.24) is 0 Å². The highest BCUT2D eigenvalue weighted by molar-refractivity contribution is 6.15. The van der Waals surface area contributed by atoms with E-state index in [0.29, 0.717) is 0 Å². The zero-order valence-corrected chi connectivity index (χ0v) is 8.66. The fraction of sp³-hybridized carbons (Fsp3) is 0.0833. The summed E-state index contributed by atoms with van der Waals surface area (Å²) in [6, 6.07) is 13.7. The molecular weight excluding hydrogens is 196 g/mol. The molecule has 0 unspecified atom stereocenters. The lowest BCUT2D eigenvalue weighted by Gasteiger charge is -1.96. The molecule has 0 atom stereocenters. The highest BCUT2D eigenvalue weighted by Gasteiger charge is 1.92. The number of fused-ring (bicyclic) bond motifs is 1. The standard InChI is InChI=1S/C11H8O.CH3Cl/c12-8-9-5-6-10-3-1-2-4-11(10)7-9;1-2/h1-8H;1H3. The van der Waals surface area contributed by atoms with Gasteiger partial charge in [-0.05, 0) is 16.8 Å². The molecule has 0 bridgehead atoms. The summed E-state index contributed by atoms with van der Waals surface area (Å²) in [5, 5.41) is 2.28. The second-order valence-corrected chi connectivity index (χ2v) is 2.72. The van der Waals surface area contributed by atoms with E-state index in [0.717, 1.165) is 17.2 Å². The van der Waals surface area contributed by atoms with Gasteiger partial charge < -0.3 is 0 Å². The lowest BCUT2D eigenvalue weighted by atomic mass is 10.1. The largest absolute Gasteiger partial charge is 0.298 e. The SMILES string of the molecule is CCl.O=Cc1ccc2ccccc2c1. The van der Waals surface area contributed by atoms with Gasteiger partial charge in [0.2, 0.25) is 0 Å². The topological polar surface area (TPSA) is 17.1 Å². The number of hydrogen-bond donors (Lipinski definition) is 0. The summed E-state index contributed by atoms with van der Waals surface area (Å²) in [5.74, 6) is 0. The Morgan fingerprint density at radius 2 is 1.64 bits per heavy atom. The van der Waals surface area contributed by atoms with E-state index in [2.05, 4.69) is 11.6 Å². The van der Waals surface area contributed by atoms with Crippen molar-refractivity contribution < 1.29 is 4.79 Å². The van der Waals surface area contributed by atoms with Crippen LogP contribution in [0, 0.1) is 0 Å². The van der Waals surface area contributed by atoms with E-state index < -0.39 is 0 Å². The van der Waals surface area contributed by atoms with Crippen molar-refractivity contribution in [2.75, 3.05) is 6.38 Å². The predicted molar refractivity (Wildman–Crippen MR) is 61.1 cm³/mol. The van der Waals surface area contributed by atoms with E-state index in [9.17, 15) is 4.79 Å². The zero-order chi connectivity index (χ0) is 10.4. The van der Waals surface area contributed by atoms with Crippen LogP contribution in [0.15, 0.2) is 42.5 Å². The molecule has 14 heavy (non-hydrogen) atoms. The molecule has 0 radical (unpaired) electrons. The third-order valence-electron chi connectivity index (χ3n) is 1.91. The molecule has 2 heteroatoms. The molecule has 0 spiro atoms. The van der Waals surface area contributed by atoms with Gasteiger partial charge in [0.05, 0.1) is 0 Å². The average molecular weight is 207 g/mol. The molecule has 0 aliphatic heterocycles. The van der Waals surface area contributed by atoms with E-state index in [-0.39, 0.29) is 0 Å². The summed E-state index contributed by atoms with van der Waals surface area (Å²) in [6.07, 6.45) is 2.34. The van der Waals surface area contributed by atoms with Crippen molar-refractivity contribution >= 4 is 28.7 Å².